The quantitative estimate of drug-likeness (QED) is 0.712. The second kappa shape index (κ2) is 9.00. The fourth-order valence-electron chi connectivity index (χ4n) is 5.50. The van der Waals surface area contributed by atoms with Crippen molar-refractivity contribution in [3.8, 4) is 0 Å². The van der Waals surface area contributed by atoms with Gasteiger partial charge in [0.2, 0.25) is 11.8 Å². The first-order chi connectivity index (χ1) is 15.6. The number of hydrogen-bond donors (Lipinski definition) is 0. The van der Waals surface area contributed by atoms with E-state index in [1.165, 1.54) is 25.7 Å². The van der Waals surface area contributed by atoms with E-state index in [1.54, 1.807) is 0 Å². The maximum Gasteiger partial charge on any atom is 0.228 e. The van der Waals surface area contributed by atoms with Gasteiger partial charge in [0.05, 0.1) is 6.54 Å². The second-order valence-corrected chi connectivity index (χ2v) is 9.61. The van der Waals surface area contributed by atoms with Crippen molar-refractivity contribution in [1.82, 2.24) is 14.9 Å². The first-order valence-electron chi connectivity index (χ1n) is 12.1. The number of aromatic nitrogens is 2. The van der Waals surface area contributed by atoms with Crippen molar-refractivity contribution in [3.63, 3.8) is 0 Å². The highest BCUT2D eigenvalue weighted by molar-refractivity contribution is 5.95. The average Bonchev–Trinajstić information content (AvgIpc) is 3.49. The van der Waals surface area contributed by atoms with Gasteiger partial charge in [-0.15, -0.1) is 0 Å². The maximum absolute atomic E-state index is 12.8. The second-order valence-electron chi connectivity index (χ2n) is 9.61. The minimum absolute atomic E-state index is 0.116. The van der Waals surface area contributed by atoms with Crippen LogP contribution in [0.2, 0.25) is 0 Å². The van der Waals surface area contributed by atoms with E-state index < -0.39 is 0 Å². The SMILES string of the molecule is Cc1nc([C@@H]2CCN(C(=O)CC3CCCC3)C2)nc2c1CCC(=O)N2Cc1ccccc1. The zero-order valence-corrected chi connectivity index (χ0v) is 18.9. The highest BCUT2D eigenvalue weighted by Gasteiger charge is 2.33. The molecule has 6 heteroatoms. The largest absolute Gasteiger partial charge is 0.342 e. The summed E-state index contributed by atoms with van der Waals surface area (Å²) >= 11 is 0. The van der Waals surface area contributed by atoms with E-state index in [1.807, 2.05) is 47.1 Å². The summed E-state index contributed by atoms with van der Waals surface area (Å²) in [6, 6.07) is 10.1. The van der Waals surface area contributed by atoms with E-state index in [0.717, 1.165) is 41.4 Å². The Morgan fingerprint density at radius 1 is 1.06 bits per heavy atom. The third-order valence-electron chi connectivity index (χ3n) is 7.38. The number of carbonyl (C=O) groups is 2. The Labute approximate surface area is 190 Å². The van der Waals surface area contributed by atoms with Crippen LogP contribution in [0.15, 0.2) is 30.3 Å². The first-order valence-corrected chi connectivity index (χ1v) is 12.1. The number of fused-ring (bicyclic) bond motifs is 1. The molecule has 2 amide bonds. The smallest absolute Gasteiger partial charge is 0.228 e. The molecule has 3 heterocycles. The molecule has 0 spiro atoms. The fourth-order valence-corrected chi connectivity index (χ4v) is 5.50. The molecule has 1 saturated heterocycles. The van der Waals surface area contributed by atoms with Crippen LogP contribution in [0, 0.1) is 12.8 Å². The average molecular weight is 433 g/mol. The van der Waals surface area contributed by atoms with Gasteiger partial charge in [-0.2, -0.15) is 0 Å². The number of anilines is 1. The molecule has 1 aromatic heterocycles. The molecule has 0 bridgehead atoms. The Balaban J connectivity index is 1.35. The van der Waals surface area contributed by atoms with Crippen molar-refractivity contribution < 1.29 is 9.59 Å². The Morgan fingerprint density at radius 3 is 2.62 bits per heavy atom. The van der Waals surface area contributed by atoms with Gasteiger partial charge in [-0.3, -0.25) is 14.5 Å². The zero-order chi connectivity index (χ0) is 22.1. The lowest BCUT2D eigenvalue weighted by Gasteiger charge is -2.30. The summed E-state index contributed by atoms with van der Waals surface area (Å²) in [6.07, 6.45) is 7.70. The monoisotopic (exact) mass is 432 g/mol. The molecular weight excluding hydrogens is 400 g/mol. The molecule has 2 aliphatic heterocycles. The summed E-state index contributed by atoms with van der Waals surface area (Å²) in [5, 5.41) is 0. The van der Waals surface area contributed by atoms with E-state index in [0.29, 0.717) is 38.3 Å². The van der Waals surface area contributed by atoms with Gasteiger partial charge in [0.25, 0.3) is 0 Å². The van der Waals surface area contributed by atoms with Crippen LogP contribution < -0.4 is 4.90 Å². The van der Waals surface area contributed by atoms with Gasteiger partial charge < -0.3 is 4.90 Å². The third kappa shape index (κ3) is 4.27. The molecule has 2 fully saturated rings. The zero-order valence-electron chi connectivity index (χ0n) is 18.9. The molecule has 32 heavy (non-hydrogen) atoms. The van der Waals surface area contributed by atoms with Gasteiger partial charge >= 0.3 is 0 Å². The van der Waals surface area contributed by atoms with Crippen molar-refractivity contribution in [2.45, 2.75) is 70.8 Å². The highest BCUT2D eigenvalue weighted by Crippen LogP contribution is 2.34. The van der Waals surface area contributed by atoms with Crippen LogP contribution in [0.1, 0.15) is 73.5 Å². The Kier molecular flexibility index (Phi) is 5.94. The molecule has 1 aliphatic carbocycles. The fraction of sp³-hybridized carbons (Fsp3) is 0.538. The van der Waals surface area contributed by atoms with Crippen molar-refractivity contribution in [3.05, 3.63) is 53.0 Å². The van der Waals surface area contributed by atoms with Gasteiger partial charge in [0.15, 0.2) is 0 Å². The van der Waals surface area contributed by atoms with Crippen molar-refractivity contribution in [2.75, 3.05) is 18.0 Å². The Morgan fingerprint density at radius 2 is 1.84 bits per heavy atom. The number of nitrogens with zero attached hydrogens (tertiary/aromatic N) is 4. The summed E-state index contributed by atoms with van der Waals surface area (Å²) in [4.78, 5) is 39.2. The van der Waals surface area contributed by atoms with Crippen LogP contribution in [0.5, 0.6) is 0 Å². The molecule has 0 radical (unpaired) electrons. The summed E-state index contributed by atoms with van der Waals surface area (Å²) in [6.45, 7) is 4.02. The lowest BCUT2D eigenvalue weighted by Crippen LogP contribution is -2.36. The van der Waals surface area contributed by atoms with Crippen LogP contribution in [-0.4, -0.2) is 39.8 Å². The van der Waals surface area contributed by atoms with Crippen LogP contribution in [0.4, 0.5) is 5.82 Å². The van der Waals surface area contributed by atoms with Crippen molar-refractivity contribution in [2.24, 2.45) is 5.92 Å². The molecule has 2 aromatic rings. The van der Waals surface area contributed by atoms with Crippen molar-refractivity contribution in [1.29, 1.82) is 0 Å². The predicted molar refractivity (Wildman–Crippen MR) is 123 cm³/mol. The van der Waals surface area contributed by atoms with Crippen LogP contribution in [0.25, 0.3) is 0 Å². The summed E-state index contributed by atoms with van der Waals surface area (Å²) in [7, 11) is 0. The minimum Gasteiger partial charge on any atom is -0.342 e. The molecule has 3 aliphatic rings. The van der Waals surface area contributed by atoms with Crippen LogP contribution in [0.3, 0.4) is 0 Å². The molecule has 168 valence electrons. The van der Waals surface area contributed by atoms with Gasteiger partial charge in [-0.05, 0) is 44.1 Å². The van der Waals surface area contributed by atoms with E-state index in [-0.39, 0.29) is 17.7 Å². The molecular formula is C26H32N4O2. The number of hydrogen-bond acceptors (Lipinski definition) is 4. The van der Waals surface area contributed by atoms with E-state index in [9.17, 15) is 9.59 Å². The number of likely N-dealkylation sites (tertiary alicyclic amines) is 1. The number of amides is 2. The highest BCUT2D eigenvalue weighted by atomic mass is 16.2. The topological polar surface area (TPSA) is 66.4 Å². The molecule has 5 rings (SSSR count). The molecule has 1 atom stereocenters. The maximum atomic E-state index is 12.8. The van der Waals surface area contributed by atoms with E-state index in [2.05, 4.69) is 0 Å². The van der Waals surface area contributed by atoms with E-state index in [4.69, 9.17) is 9.97 Å². The Bertz CT molecular complexity index is 1000. The number of benzene rings is 1. The van der Waals surface area contributed by atoms with Crippen LogP contribution >= 0.6 is 0 Å². The summed E-state index contributed by atoms with van der Waals surface area (Å²) < 4.78 is 0. The summed E-state index contributed by atoms with van der Waals surface area (Å²) in [5.41, 5.74) is 3.14. The Hall–Kier alpha value is -2.76. The molecule has 1 aromatic carbocycles. The van der Waals surface area contributed by atoms with Gasteiger partial charge in [0, 0.05) is 43.1 Å². The predicted octanol–water partition coefficient (Wildman–Crippen LogP) is 4.16. The van der Waals surface area contributed by atoms with Gasteiger partial charge in [-0.1, -0.05) is 43.2 Å². The molecule has 0 N–H and O–H groups in total. The van der Waals surface area contributed by atoms with Crippen molar-refractivity contribution >= 4 is 17.6 Å². The molecule has 0 unspecified atom stereocenters. The molecule has 6 nitrogen and oxygen atoms in total. The number of carbonyl (C=O) groups excluding carboxylic acids is 2. The number of aryl methyl sites for hydroxylation is 1. The lowest BCUT2D eigenvalue weighted by molar-refractivity contribution is -0.131. The lowest BCUT2D eigenvalue weighted by atomic mass is 10.0. The third-order valence-corrected chi connectivity index (χ3v) is 7.38. The van der Waals surface area contributed by atoms with Gasteiger partial charge in [-0.25, -0.2) is 9.97 Å². The normalized spacial score (nSPS) is 21.3. The minimum atomic E-state index is 0.116. The summed E-state index contributed by atoms with van der Waals surface area (Å²) in [5.74, 6) is 2.66. The first kappa shape index (κ1) is 21.1. The number of rotatable bonds is 5. The molecule has 1 saturated carbocycles. The standard InChI is InChI=1S/C26H32N4O2/c1-18-22-11-12-23(31)30(16-20-9-3-2-4-10-20)26(22)28-25(27-18)21-13-14-29(17-21)24(32)15-19-7-5-6-8-19/h2-4,9-10,19,21H,5-8,11-17H2,1H3/t21-/m1/s1. The van der Waals surface area contributed by atoms with Crippen LogP contribution in [-0.2, 0) is 22.6 Å². The van der Waals surface area contributed by atoms with E-state index >= 15 is 0 Å². The van der Waals surface area contributed by atoms with Gasteiger partial charge in [0.1, 0.15) is 11.6 Å².